The van der Waals surface area contributed by atoms with E-state index in [0.717, 1.165) is 33.1 Å². The lowest BCUT2D eigenvalue weighted by atomic mass is 10.0. The number of rotatable bonds is 2. The van der Waals surface area contributed by atoms with Gasteiger partial charge in [-0.1, -0.05) is 11.6 Å². The predicted octanol–water partition coefficient (Wildman–Crippen LogP) is 3.34. The summed E-state index contributed by atoms with van der Waals surface area (Å²) in [7, 11) is 5.69. The van der Waals surface area contributed by atoms with E-state index in [1.165, 1.54) is 0 Å². The Bertz CT molecular complexity index is 386. The van der Waals surface area contributed by atoms with Crippen molar-refractivity contribution >= 4 is 17.3 Å². The summed E-state index contributed by atoms with van der Waals surface area (Å²) in [6.45, 7) is 6.08. The number of hydrogen-bond donors (Lipinski definition) is 0. The van der Waals surface area contributed by atoms with Gasteiger partial charge in [-0.3, -0.25) is 0 Å². The first-order valence-corrected chi connectivity index (χ1v) is 5.30. The zero-order valence-corrected chi connectivity index (χ0v) is 11.0. The van der Waals surface area contributed by atoms with E-state index in [0.29, 0.717) is 0 Å². The lowest BCUT2D eigenvalue weighted by molar-refractivity contribution is 0.411. The number of halogens is 1. The molecule has 0 radical (unpaired) electrons. The number of benzene rings is 1. The fourth-order valence-electron chi connectivity index (χ4n) is 1.86. The minimum atomic E-state index is 0.831. The standard InChI is InChI=1S/C12H18ClNO/c1-7-8(2)12(15-6)11(14(4)5)9(3)10(7)13/h1-6H3. The first kappa shape index (κ1) is 12.2. The van der Waals surface area contributed by atoms with E-state index in [-0.39, 0.29) is 0 Å². The van der Waals surface area contributed by atoms with Crippen LogP contribution in [0.5, 0.6) is 5.75 Å². The normalized spacial score (nSPS) is 10.3. The van der Waals surface area contributed by atoms with Gasteiger partial charge in [-0.25, -0.2) is 0 Å². The number of methoxy groups -OCH3 is 1. The van der Waals surface area contributed by atoms with Crippen LogP contribution in [-0.2, 0) is 0 Å². The van der Waals surface area contributed by atoms with Gasteiger partial charge >= 0.3 is 0 Å². The highest BCUT2D eigenvalue weighted by atomic mass is 35.5. The minimum absolute atomic E-state index is 0.831. The maximum atomic E-state index is 6.28. The van der Waals surface area contributed by atoms with Crippen molar-refractivity contribution in [1.82, 2.24) is 0 Å². The summed E-state index contributed by atoms with van der Waals surface area (Å²) in [6, 6.07) is 0. The molecule has 0 aliphatic carbocycles. The first-order valence-electron chi connectivity index (χ1n) is 4.92. The summed E-state index contributed by atoms with van der Waals surface area (Å²) in [5.74, 6) is 0.916. The van der Waals surface area contributed by atoms with E-state index in [1.54, 1.807) is 7.11 Å². The van der Waals surface area contributed by atoms with E-state index < -0.39 is 0 Å². The van der Waals surface area contributed by atoms with Crippen LogP contribution in [0.4, 0.5) is 5.69 Å². The van der Waals surface area contributed by atoms with Crippen molar-refractivity contribution in [3.8, 4) is 5.75 Å². The third-order valence-electron chi connectivity index (χ3n) is 2.78. The molecule has 0 bridgehead atoms. The minimum Gasteiger partial charge on any atom is -0.494 e. The summed E-state index contributed by atoms with van der Waals surface area (Å²) in [5, 5.41) is 0.831. The van der Waals surface area contributed by atoms with Gasteiger partial charge in [0, 0.05) is 19.1 Å². The second-order valence-electron chi connectivity index (χ2n) is 3.97. The predicted molar refractivity (Wildman–Crippen MR) is 66.5 cm³/mol. The van der Waals surface area contributed by atoms with Gasteiger partial charge in [0.15, 0.2) is 0 Å². The molecule has 0 aliphatic rings. The van der Waals surface area contributed by atoms with Crippen molar-refractivity contribution in [2.45, 2.75) is 20.8 Å². The summed E-state index contributed by atoms with van der Waals surface area (Å²) < 4.78 is 5.45. The van der Waals surface area contributed by atoms with Gasteiger partial charge in [0.25, 0.3) is 0 Å². The van der Waals surface area contributed by atoms with E-state index in [1.807, 2.05) is 39.8 Å². The highest BCUT2D eigenvalue weighted by molar-refractivity contribution is 6.32. The summed E-state index contributed by atoms with van der Waals surface area (Å²) >= 11 is 6.28. The number of nitrogens with zero attached hydrogens (tertiary/aromatic N) is 1. The molecule has 1 aromatic rings. The fraction of sp³-hybridized carbons (Fsp3) is 0.500. The molecule has 0 aromatic heterocycles. The lowest BCUT2D eigenvalue weighted by Crippen LogP contribution is -2.13. The molecule has 0 heterocycles. The number of hydrogen-bond acceptors (Lipinski definition) is 2. The van der Waals surface area contributed by atoms with Crippen LogP contribution in [0, 0.1) is 20.8 Å². The van der Waals surface area contributed by atoms with E-state index >= 15 is 0 Å². The Morgan fingerprint density at radius 1 is 1.00 bits per heavy atom. The van der Waals surface area contributed by atoms with Crippen molar-refractivity contribution in [2.24, 2.45) is 0 Å². The monoisotopic (exact) mass is 227 g/mol. The van der Waals surface area contributed by atoms with Crippen LogP contribution in [0.2, 0.25) is 5.02 Å². The topological polar surface area (TPSA) is 12.5 Å². The van der Waals surface area contributed by atoms with Crippen molar-refractivity contribution in [3.63, 3.8) is 0 Å². The van der Waals surface area contributed by atoms with Crippen molar-refractivity contribution < 1.29 is 4.74 Å². The average Bonchev–Trinajstić information content (AvgIpc) is 2.19. The Hall–Kier alpha value is -0.890. The molecule has 15 heavy (non-hydrogen) atoms. The second-order valence-corrected chi connectivity index (χ2v) is 4.34. The molecule has 0 fully saturated rings. The summed E-state index contributed by atoms with van der Waals surface area (Å²) in [4.78, 5) is 2.03. The molecule has 0 saturated carbocycles. The zero-order valence-electron chi connectivity index (χ0n) is 10.2. The quantitative estimate of drug-likeness (QED) is 0.769. The van der Waals surface area contributed by atoms with Crippen molar-refractivity contribution in [1.29, 1.82) is 0 Å². The molecule has 1 aromatic carbocycles. The Morgan fingerprint density at radius 3 is 1.93 bits per heavy atom. The van der Waals surface area contributed by atoms with Gasteiger partial charge in [0.05, 0.1) is 12.8 Å². The molecule has 3 heteroatoms. The third-order valence-corrected chi connectivity index (χ3v) is 3.35. The van der Waals surface area contributed by atoms with Crippen LogP contribution in [0.1, 0.15) is 16.7 Å². The Kier molecular flexibility index (Phi) is 3.50. The van der Waals surface area contributed by atoms with Gasteiger partial charge in [-0.15, -0.1) is 0 Å². The van der Waals surface area contributed by atoms with E-state index in [4.69, 9.17) is 16.3 Å². The molecular formula is C12H18ClNO. The van der Waals surface area contributed by atoms with Gasteiger partial charge in [-0.2, -0.15) is 0 Å². The maximum Gasteiger partial charge on any atom is 0.145 e. The number of anilines is 1. The van der Waals surface area contributed by atoms with Crippen LogP contribution in [0.3, 0.4) is 0 Å². The Morgan fingerprint density at radius 2 is 1.53 bits per heavy atom. The lowest BCUT2D eigenvalue weighted by Gasteiger charge is -2.23. The second kappa shape index (κ2) is 4.31. The van der Waals surface area contributed by atoms with Crippen LogP contribution in [0.25, 0.3) is 0 Å². The molecule has 0 amide bonds. The SMILES string of the molecule is COc1c(C)c(C)c(Cl)c(C)c1N(C)C. The molecular weight excluding hydrogens is 210 g/mol. The molecule has 2 nitrogen and oxygen atoms in total. The highest BCUT2D eigenvalue weighted by Crippen LogP contribution is 2.40. The average molecular weight is 228 g/mol. The third kappa shape index (κ3) is 1.91. The highest BCUT2D eigenvalue weighted by Gasteiger charge is 2.17. The van der Waals surface area contributed by atoms with Gasteiger partial charge in [0.2, 0.25) is 0 Å². The Labute approximate surface area is 96.8 Å². The number of ether oxygens (including phenoxy) is 1. The molecule has 0 N–H and O–H groups in total. The molecule has 0 atom stereocenters. The van der Waals surface area contributed by atoms with Gasteiger partial charge in [-0.05, 0) is 37.5 Å². The largest absolute Gasteiger partial charge is 0.494 e. The van der Waals surface area contributed by atoms with Crippen LogP contribution in [0.15, 0.2) is 0 Å². The summed E-state index contributed by atoms with van der Waals surface area (Å²) in [5.41, 5.74) is 4.33. The first-order chi connectivity index (χ1) is 6.91. The van der Waals surface area contributed by atoms with E-state index in [2.05, 4.69) is 0 Å². The molecule has 0 spiro atoms. The van der Waals surface area contributed by atoms with Crippen molar-refractivity contribution in [3.05, 3.63) is 21.7 Å². The molecule has 0 unspecified atom stereocenters. The Balaban J connectivity index is 3.62. The van der Waals surface area contributed by atoms with Gasteiger partial charge < -0.3 is 9.64 Å². The molecule has 84 valence electrons. The smallest absolute Gasteiger partial charge is 0.145 e. The van der Waals surface area contributed by atoms with E-state index in [9.17, 15) is 0 Å². The van der Waals surface area contributed by atoms with Crippen LogP contribution >= 0.6 is 11.6 Å². The fourth-order valence-corrected chi connectivity index (χ4v) is 2.09. The molecule has 1 rings (SSSR count). The van der Waals surface area contributed by atoms with Crippen LogP contribution < -0.4 is 9.64 Å². The van der Waals surface area contributed by atoms with Crippen LogP contribution in [-0.4, -0.2) is 21.2 Å². The zero-order chi connectivity index (χ0) is 11.7. The molecule has 0 saturated heterocycles. The van der Waals surface area contributed by atoms with Gasteiger partial charge in [0.1, 0.15) is 5.75 Å². The van der Waals surface area contributed by atoms with Crippen molar-refractivity contribution in [2.75, 3.05) is 26.1 Å². The molecule has 0 aliphatic heterocycles. The maximum absolute atomic E-state index is 6.28. The summed E-state index contributed by atoms with van der Waals surface area (Å²) in [6.07, 6.45) is 0.